The fourth-order valence-corrected chi connectivity index (χ4v) is 4.17. The van der Waals surface area contributed by atoms with Crippen LogP contribution in [0.15, 0.2) is 35.7 Å². The van der Waals surface area contributed by atoms with Crippen LogP contribution in [0.3, 0.4) is 0 Å². The fraction of sp³-hybridized carbons (Fsp3) is 0.357. The van der Waals surface area contributed by atoms with Gasteiger partial charge in [0, 0.05) is 25.3 Å². The maximum Gasteiger partial charge on any atom is 0.240 e. The average molecular weight is 373 g/mol. The highest BCUT2D eigenvalue weighted by molar-refractivity contribution is 7.89. The fourth-order valence-electron chi connectivity index (χ4n) is 2.30. The van der Waals surface area contributed by atoms with Crippen LogP contribution in [0.1, 0.15) is 5.56 Å². The number of nitrogens with zero attached hydrogens (tertiary/aromatic N) is 1. The third-order valence-corrected chi connectivity index (χ3v) is 6.20. The van der Waals surface area contributed by atoms with E-state index in [2.05, 4.69) is 16.6 Å². The summed E-state index contributed by atoms with van der Waals surface area (Å²) >= 11 is 0. The summed E-state index contributed by atoms with van der Waals surface area (Å²) in [5.41, 5.74) is 1.22. The summed E-state index contributed by atoms with van der Waals surface area (Å²) in [5.74, 6) is -0.180. The number of carbonyl (C=O) groups excluding carboxylic acids is 1. The molecule has 1 aliphatic rings. The Labute approximate surface area is 141 Å². The lowest BCUT2D eigenvalue weighted by atomic mass is 10.2. The highest BCUT2D eigenvalue weighted by atomic mass is 32.2. The molecule has 0 bridgehead atoms. The average Bonchev–Trinajstić information content (AvgIpc) is 2.84. The van der Waals surface area contributed by atoms with Crippen molar-refractivity contribution < 1.29 is 21.6 Å². The van der Waals surface area contributed by atoms with Gasteiger partial charge >= 0.3 is 0 Å². The van der Waals surface area contributed by atoms with Crippen molar-refractivity contribution in [3.8, 4) is 0 Å². The van der Waals surface area contributed by atoms with Crippen molar-refractivity contribution >= 4 is 31.6 Å². The number of carbonyl (C=O) groups is 1. The predicted molar refractivity (Wildman–Crippen MR) is 90.6 cm³/mol. The molecule has 0 saturated carbocycles. The largest absolute Gasteiger partial charge is 0.326 e. The molecule has 1 aromatic carbocycles. The molecule has 10 heteroatoms. The van der Waals surface area contributed by atoms with E-state index in [4.69, 9.17) is 0 Å². The standard InChI is InChI=1S/C14H19N3O5S2/c1-3-7-17(23(2,19)20)8-6-15-24(21,22)12-4-5-13-11(9-12)10-14(18)16-13/h3-5,9,15H,1,6-8,10H2,2H3,(H,16,18). The number of sulfonamides is 2. The van der Waals surface area contributed by atoms with Gasteiger partial charge in [0.05, 0.1) is 17.6 Å². The third-order valence-electron chi connectivity index (χ3n) is 3.47. The number of nitrogens with one attached hydrogen (secondary N) is 2. The van der Waals surface area contributed by atoms with Crippen molar-refractivity contribution in [2.45, 2.75) is 11.3 Å². The number of amides is 1. The molecule has 0 saturated heterocycles. The zero-order valence-electron chi connectivity index (χ0n) is 13.1. The van der Waals surface area contributed by atoms with E-state index in [1.165, 1.54) is 24.3 Å². The quantitative estimate of drug-likeness (QED) is 0.618. The second kappa shape index (κ2) is 7.01. The molecule has 0 spiro atoms. The van der Waals surface area contributed by atoms with Crippen LogP contribution in [-0.2, 0) is 31.3 Å². The van der Waals surface area contributed by atoms with Crippen molar-refractivity contribution in [1.29, 1.82) is 0 Å². The summed E-state index contributed by atoms with van der Waals surface area (Å²) in [6.45, 7) is 3.51. The van der Waals surface area contributed by atoms with Crippen molar-refractivity contribution in [3.63, 3.8) is 0 Å². The molecule has 0 aliphatic carbocycles. The Morgan fingerprint density at radius 3 is 2.67 bits per heavy atom. The highest BCUT2D eigenvalue weighted by Gasteiger charge is 2.22. The van der Waals surface area contributed by atoms with Crippen molar-refractivity contribution in [1.82, 2.24) is 9.03 Å². The lowest BCUT2D eigenvalue weighted by Crippen LogP contribution is -2.38. The second-order valence-corrected chi connectivity index (χ2v) is 9.10. The van der Waals surface area contributed by atoms with Gasteiger partial charge in [0.25, 0.3) is 0 Å². The molecule has 0 unspecified atom stereocenters. The van der Waals surface area contributed by atoms with E-state index >= 15 is 0 Å². The van der Waals surface area contributed by atoms with Crippen molar-refractivity contribution in [2.75, 3.05) is 31.2 Å². The first kappa shape index (κ1) is 18.6. The molecule has 0 atom stereocenters. The minimum absolute atomic E-state index is 0.00490. The van der Waals surface area contributed by atoms with Gasteiger partial charge in [-0.2, -0.15) is 4.31 Å². The maximum atomic E-state index is 12.3. The van der Waals surface area contributed by atoms with Gasteiger partial charge in [-0.25, -0.2) is 21.6 Å². The zero-order valence-corrected chi connectivity index (χ0v) is 14.8. The van der Waals surface area contributed by atoms with E-state index < -0.39 is 20.0 Å². The molecule has 0 radical (unpaired) electrons. The lowest BCUT2D eigenvalue weighted by molar-refractivity contribution is -0.115. The summed E-state index contributed by atoms with van der Waals surface area (Å²) < 4.78 is 51.2. The molecule has 1 amide bonds. The van der Waals surface area contributed by atoms with Crippen LogP contribution in [0.5, 0.6) is 0 Å². The van der Waals surface area contributed by atoms with Gasteiger partial charge in [-0.05, 0) is 23.8 Å². The molecule has 0 aromatic heterocycles. The number of rotatable bonds is 8. The van der Waals surface area contributed by atoms with Gasteiger partial charge in [-0.15, -0.1) is 6.58 Å². The predicted octanol–water partition coefficient (Wildman–Crippen LogP) is -0.0929. The Balaban J connectivity index is 2.05. The molecule has 2 rings (SSSR count). The minimum Gasteiger partial charge on any atom is -0.326 e. The molecule has 8 nitrogen and oxygen atoms in total. The van der Waals surface area contributed by atoms with Gasteiger partial charge in [-0.3, -0.25) is 4.79 Å². The van der Waals surface area contributed by atoms with E-state index in [9.17, 15) is 21.6 Å². The summed E-state index contributed by atoms with van der Waals surface area (Å²) in [7, 11) is -7.23. The summed E-state index contributed by atoms with van der Waals surface area (Å²) in [5, 5.41) is 2.63. The lowest BCUT2D eigenvalue weighted by Gasteiger charge is -2.18. The van der Waals surface area contributed by atoms with Crippen LogP contribution in [0, 0.1) is 0 Å². The smallest absolute Gasteiger partial charge is 0.240 e. The van der Waals surface area contributed by atoms with Crippen LogP contribution < -0.4 is 10.0 Å². The SMILES string of the molecule is C=CCN(CCNS(=O)(=O)c1ccc2c(c1)CC(=O)N2)S(C)(=O)=O. The van der Waals surface area contributed by atoms with Gasteiger partial charge in [0.15, 0.2) is 0 Å². The third kappa shape index (κ3) is 4.41. The van der Waals surface area contributed by atoms with E-state index in [0.717, 1.165) is 10.6 Å². The zero-order chi connectivity index (χ0) is 18.0. The van der Waals surface area contributed by atoms with Gasteiger partial charge < -0.3 is 5.32 Å². The monoisotopic (exact) mass is 373 g/mol. The molecule has 2 N–H and O–H groups in total. The minimum atomic E-state index is -3.79. The van der Waals surface area contributed by atoms with Gasteiger partial charge in [0.1, 0.15) is 0 Å². The van der Waals surface area contributed by atoms with Gasteiger partial charge in [-0.1, -0.05) is 6.08 Å². The van der Waals surface area contributed by atoms with Crippen LogP contribution in [0.25, 0.3) is 0 Å². The van der Waals surface area contributed by atoms with Crippen LogP contribution >= 0.6 is 0 Å². The first-order chi connectivity index (χ1) is 11.1. The van der Waals surface area contributed by atoms with E-state index in [0.29, 0.717) is 11.3 Å². The Morgan fingerprint density at radius 2 is 2.04 bits per heavy atom. The molecular formula is C14H19N3O5S2. The first-order valence-corrected chi connectivity index (χ1v) is 10.4. The Morgan fingerprint density at radius 1 is 1.33 bits per heavy atom. The number of fused-ring (bicyclic) bond motifs is 1. The molecule has 132 valence electrons. The number of benzene rings is 1. The van der Waals surface area contributed by atoms with E-state index in [1.54, 1.807) is 0 Å². The van der Waals surface area contributed by atoms with Crippen LogP contribution in [0.2, 0.25) is 0 Å². The van der Waals surface area contributed by atoms with E-state index in [-0.39, 0.29) is 36.9 Å². The second-order valence-electron chi connectivity index (χ2n) is 5.35. The number of hydrogen-bond donors (Lipinski definition) is 2. The van der Waals surface area contributed by atoms with Crippen molar-refractivity contribution in [2.24, 2.45) is 0 Å². The molecule has 24 heavy (non-hydrogen) atoms. The molecular weight excluding hydrogens is 354 g/mol. The molecule has 1 aliphatic heterocycles. The molecule has 1 aromatic rings. The van der Waals surface area contributed by atoms with Crippen molar-refractivity contribution in [3.05, 3.63) is 36.4 Å². The highest BCUT2D eigenvalue weighted by Crippen LogP contribution is 2.25. The Kier molecular flexibility index (Phi) is 5.43. The number of hydrogen-bond acceptors (Lipinski definition) is 5. The first-order valence-electron chi connectivity index (χ1n) is 7.12. The number of anilines is 1. The van der Waals surface area contributed by atoms with E-state index in [1.807, 2.05) is 0 Å². The van der Waals surface area contributed by atoms with Crippen LogP contribution in [-0.4, -0.2) is 52.9 Å². The summed E-state index contributed by atoms with van der Waals surface area (Å²) in [6.07, 6.45) is 2.62. The Bertz CT molecular complexity index is 862. The topological polar surface area (TPSA) is 113 Å². The summed E-state index contributed by atoms with van der Waals surface area (Å²) in [4.78, 5) is 11.4. The molecule has 0 fully saturated rings. The van der Waals surface area contributed by atoms with Gasteiger partial charge in [0.2, 0.25) is 26.0 Å². The normalized spacial score (nSPS) is 14.5. The summed E-state index contributed by atoms with van der Waals surface area (Å²) in [6, 6.07) is 4.37. The maximum absolute atomic E-state index is 12.3. The Hall–Kier alpha value is -1.75. The van der Waals surface area contributed by atoms with Crippen LogP contribution in [0.4, 0.5) is 5.69 Å². The molecule has 1 heterocycles.